The molecule has 4 nitrogen and oxygen atoms in total. The molecule has 0 unspecified atom stereocenters. The van der Waals surface area contributed by atoms with Crippen LogP contribution in [0, 0.1) is 6.92 Å². The Morgan fingerprint density at radius 2 is 1.90 bits per heavy atom. The maximum atomic E-state index is 12.1. The van der Waals surface area contributed by atoms with Gasteiger partial charge in [-0.05, 0) is 19.8 Å². The molecular formula is C15H18ClNO3. The summed E-state index contributed by atoms with van der Waals surface area (Å²) in [6.07, 6.45) is 3.89. The molecule has 0 radical (unpaired) electrons. The number of fused-ring (bicyclic) bond motifs is 1. The molecule has 0 bridgehead atoms. The summed E-state index contributed by atoms with van der Waals surface area (Å²) in [5, 5.41) is 19.5. The first-order chi connectivity index (χ1) is 9.50. The number of benzene rings is 1. The van der Waals surface area contributed by atoms with E-state index < -0.39 is 5.75 Å². The van der Waals surface area contributed by atoms with Crippen LogP contribution in [-0.2, 0) is 0 Å². The Balaban J connectivity index is 0.000000704. The Hall–Kier alpha value is -1.68. The molecule has 1 aromatic carbocycles. The van der Waals surface area contributed by atoms with Crippen LogP contribution in [0.3, 0.4) is 0 Å². The van der Waals surface area contributed by atoms with Gasteiger partial charge in [0.05, 0.1) is 15.9 Å². The maximum absolute atomic E-state index is 12.1. The zero-order valence-corrected chi connectivity index (χ0v) is 12.5. The lowest BCUT2D eigenvalue weighted by Crippen LogP contribution is -2.12. The van der Waals surface area contributed by atoms with Gasteiger partial charge in [0.15, 0.2) is 16.9 Å². The van der Waals surface area contributed by atoms with E-state index in [1.807, 2.05) is 18.4 Å². The van der Waals surface area contributed by atoms with Gasteiger partial charge in [0.25, 0.3) is 0 Å². The summed E-state index contributed by atoms with van der Waals surface area (Å²) in [7, 11) is 0. The Morgan fingerprint density at radius 1 is 1.30 bits per heavy atom. The third kappa shape index (κ3) is 2.24. The van der Waals surface area contributed by atoms with E-state index in [9.17, 15) is 15.0 Å². The lowest BCUT2D eigenvalue weighted by molar-refractivity contribution is 0.404. The average Bonchev–Trinajstić information content (AvgIpc) is 3.26. The third-order valence-electron chi connectivity index (χ3n) is 3.34. The first kappa shape index (κ1) is 14.7. The van der Waals surface area contributed by atoms with Crippen molar-refractivity contribution in [2.45, 2.75) is 39.7 Å². The number of pyridine rings is 1. The van der Waals surface area contributed by atoms with Crippen LogP contribution in [0.15, 0.2) is 17.1 Å². The number of rotatable bonds is 1. The van der Waals surface area contributed by atoms with Crippen LogP contribution in [0.2, 0.25) is 5.02 Å². The van der Waals surface area contributed by atoms with Crippen molar-refractivity contribution in [2.75, 3.05) is 0 Å². The van der Waals surface area contributed by atoms with Gasteiger partial charge in [-0.15, -0.1) is 0 Å². The third-order valence-corrected chi connectivity index (χ3v) is 3.70. The quantitative estimate of drug-likeness (QED) is 0.788. The highest BCUT2D eigenvalue weighted by Gasteiger charge is 2.26. The fraction of sp³-hybridized carbons (Fsp3) is 0.400. The van der Waals surface area contributed by atoms with E-state index in [2.05, 4.69) is 0 Å². The Morgan fingerprint density at radius 3 is 2.45 bits per heavy atom. The zero-order chi connectivity index (χ0) is 15.0. The minimum absolute atomic E-state index is 0.0758. The Labute approximate surface area is 122 Å². The molecule has 1 heterocycles. The van der Waals surface area contributed by atoms with Crippen molar-refractivity contribution in [3.8, 4) is 11.5 Å². The molecule has 0 amide bonds. The van der Waals surface area contributed by atoms with E-state index in [-0.39, 0.29) is 21.6 Å². The predicted molar refractivity (Wildman–Crippen MR) is 80.9 cm³/mol. The van der Waals surface area contributed by atoms with Crippen molar-refractivity contribution in [1.82, 2.24) is 4.57 Å². The molecule has 20 heavy (non-hydrogen) atoms. The summed E-state index contributed by atoms with van der Waals surface area (Å²) >= 11 is 5.98. The van der Waals surface area contributed by atoms with Crippen LogP contribution >= 0.6 is 11.6 Å². The Bertz CT molecular complexity index is 717. The summed E-state index contributed by atoms with van der Waals surface area (Å²) in [5.41, 5.74) is 0.956. The van der Waals surface area contributed by atoms with E-state index in [4.69, 9.17) is 11.6 Å². The number of phenols is 2. The molecule has 0 aliphatic heterocycles. The lowest BCUT2D eigenvalue weighted by Gasteiger charge is -2.13. The van der Waals surface area contributed by atoms with Crippen LogP contribution in [0.1, 0.15) is 38.3 Å². The number of aromatic hydroxyl groups is 2. The second-order valence-electron chi connectivity index (χ2n) is 4.73. The number of hydrogen-bond acceptors (Lipinski definition) is 3. The van der Waals surface area contributed by atoms with Gasteiger partial charge in [-0.3, -0.25) is 4.79 Å². The van der Waals surface area contributed by atoms with Crippen molar-refractivity contribution in [3.63, 3.8) is 0 Å². The highest BCUT2D eigenvalue weighted by molar-refractivity contribution is 6.37. The van der Waals surface area contributed by atoms with Gasteiger partial charge in [-0.1, -0.05) is 25.4 Å². The maximum Gasteiger partial charge on any atom is 0.193 e. The van der Waals surface area contributed by atoms with E-state index in [0.717, 1.165) is 12.8 Å². The standard InChI is InChI=1S/C13H12ClNO3.C2H6/c1-6-5-15(7-2-3-7)8-4-9(16)13(18)11(14)10(8)12(6)17;1-2/h4-5,7,16,18H,2-3H2,1H3;1-2H3. The molecule has 2 N–H and O–H groups in total. The number of nitrogens with zero attached hydrogens (tertiary/aromatic N) is 1. The van der Waals surface area contributed by atoms with Gasteiger partial charge >= 0.3 is 0 Å². The summed E-state index contributed by atoms with van der Waals surface area (Å²) in [6.45, 7) is 5.72. The number of hydrogen-bond donors (Lipinski definition) is 2. The van der Waals surface area contributed by atoms with E-state index in [1.54, 1.807) is 13.1 Å². The number of aromatic nitrogens is 1. The monoisotopic (exact) mass is 295 g/mol. The smallest absolute Gasteiger partial charge is 0.193 e. The van der Waals surface area contributed by atoms with Crippen LogP contribution in [0.25, 0.3) is 10.9 Å². The molecule has 3 rings (SSSR count). The molecule has 5 heteroatoms. The van der Waals surface area contributed by atoms with E-state index in [1.165, 1.54) is 6.07 Å². The first-order valence-electron chi connectivity index (χ1n) is 6.76. The van der Waals surface area contributed by atoms with Gasteiger partial charge in [0, 0.05) is 23.9 Å². The summed E-state index contributed by atoms with van der Waals surface area (Å²) in [4.78, 5) is 12.1. The molecule has 1 fully saturated rings. The molecule has 0 spiro atoms. The molecule has 0 saturated heterocycles. The highest BCUT2D eigenvalue weighted by Crippen LogP contribution is 2.42. The molecule has 2 aromatic rings. The molecule has 0 atom stereocenters. The van der Waals surface area contributed by atoms with Crippen LogP contribution in [0.4, 0.5) is 0 Å². The number of halogens is 1. The van der Waals surface area contributed by atoms with E-state index in [0.29, 0.717) is 17.1 Å². The molecule has 108 valence electrons. The fourth-order valence-corrected chi connectivity index (χ4v) is 2.50. The van der Waals surface area contributed by atoms with Crippen molar-refractivity contribution >= 4 is 22.5 Å². The molecular weight excluding hydrogens is 278 g/mol. The average molecular weight is 296 g/mol. The minimum atomic E-state index is -0.436. The molecule has 1 aliphatic carbocycles. The van der Waals surface area contributed by atoms with Gasteiger partial charge in [-0.2, -0.15) is 0 Å². The minimum Gasteiger partial charge on any atom is -0.504 e. The number of phenolic OH excluding ortho intramolecular Hbond substituents is 2. The predicted octanol–water partition coefficient (Wildman–Crippen LogP) is 3.74. The summed E-state index contributed by atoms with van der Waals surface area (Å²) in [5.74, 6) is -0.737. The van der Waals surface area contributed by atoms with Gasteiger partial charge in [0.1, 0.15) is 0 Å². The van der Waals surface area contributed by atoms with Crippen LogP contribution in [-0.4, -0.2) is 14.8 Å². The molecule has 1 aliphatic rings. The van der Waals surface area contributed by atoms with Crippen molar-refractivity contribution < 1.29 is 10.2 Å². The number of aryl methyl sites for hydroxylation is 1. The zero-order valence-electron chi connectivity index (χ0n) is 11.8. The van der Waals surface area contributed by atoms with Gasteiger partial charge in [0.2, 0.25) is 0 Å². The van der Waals surface area contributed by atoms with E-state index >= 15 is 0 Å². The van der Waals surface area contributed by atoms with Crippen molar-refractivity contribution in [3.05, 3.63) is 33.1 Å². The largest absolute Gasteiger partial charge is 0.504 e. The summed E-state index contributed by atoms with van der Waals surface area (Å²) < 4.78 is 1.96. The highest BCUT2D eigenvalue weighted by atomic mass is 35.5. The van der Waals surface area contributed by atoms with Gasteiger partial charge in [-0.25, -0.2) is 0 Å². The second kappa shape index (κ2) is 5.37. The van der Waals surface area contributed by atoms with Crippen molar-refractivity contribution in [1.29, 1.82) is 0 Å². The Kier molecular flexibility index (Phi) is 3.95. The molecule has 1 saturated carbocycles. The normalized spacial score (nSPS) is 14.0. The summed E-state index contributed by atoms with van der Waals surface area (Å²) in [6, 6.07) is 1.75. The first-order valence-corrected chi connectivity index (χ1v) is 7.14. The van der Waals surface area contributed by atoms with Crippen molar-refractivity contribution in [2.24, 2.45) is 0 Å². The fourth-order valence-electron chi connectivity index (χ4n) is 2.22. The molecule has 1 aromatic heterocycles. The van der Waals surface area contributed by atoms with Gasteiger partial charge < -0.3 is 14.8 Å². The topological polar surface area (TPSA) is 62.5 Å². The van der Waals surface area contributed by atoms with Crippen LogP contribution < -0.4 is 5.43 Å². The SMILES string of the molecule is CC.Cc1cn(C2CC2)c2cc(O)c(O)c(Cl)c2c1=O. The van der Waals surface area contributed by atoms with Crippen LogP contribution in [0.5, 0.6) is 11.5 Å². The second-order valence-corrected chi connectivity index (χ2v) is 5.11. The lowest BCUT2D eigenvalue weighted by atomic mass is 10.1.